The fourth-order valence-electron chi connectivity index (χ4n) is 1.33. The molecule has 0 rings (SSSR count). The second-order valence-corrected chi connectivity index (χ2v) is 5.17. The average molecular weight is 285 g/mol. The minimum absolute atomic E-state index is 0.0745. The highest BCUT2D eigenvalue weighted by Gasteiger charge is 2.30. The van der Waals surface area contributed by atoms with Crippen molar-refractivity contribution in [3.63, 3.8) is 0 Å². The molecule has 110 valence electrons. The molecular formula is C10H23NO6S. The Morgan fingerprint density at radius 1 is 1.00 bits per heavy atom. The lowest BCUT2D eigenvalue weighted by molar-refractivity contribution is -0.118. The Bertz CT molecular complexity index is 211. The van der Waals surface area contributed by atoms with Gasteiger partial charge in [0.2, 0.25) is 0 Å². The van der Waals surface area contributed by atoms with Gasteiger partial charge in [0.05, 0.1) is 19.3 Å². The molecule has 6 N–H and O–H groups in total. The van der Waals surface area contributed by atoms with Crippen molar-refractivity contribution in [1.82, 2.24) is 4.90 Å². The van der Waals surface area contributed by atoms with Gasteiger partial charge in [0.25, 0.3) is 0 Å². The van der Waals surface area contributed by atoms with Gasteiger partial charge in [0.15, 0.2) is 0 Å². The minimum Gasteiger partial charge on any atom is -0.396 e. The molecule has 0 aromatic heterocycles. The topological polar surface area (TPSA) is 125 Å². The van der Waals surface area contributed by atoms with Crippen molar-refractivity contribution in [2.45, 2.75) is 24.4 Å². The van der Waals surface area contributed by atoms with Crippen molar-refractivity contribution in [1.29, 1.82) is 0 Å². The zero-order valence-electron chi connectivity index (χ0n) is 10.4. The highest BCUT2D eigenvalue weighted by atomic mass is 32.2. The van der Waals surface area contributed by atoms with Crippen molar-refractivity contribution in [2.24, 2.45) is 0 Å². The number of aliphatic hydroxyl groups excluding tert-OH is 6. The van der Waals surface area contributed by atoms with Crippen LogP contribution in [0.1, 0.15) is 0 Å². The standard InChI is InChI=1S/C10H23NO6S/c1-11(6-18-3-2-12)4-7(14)9(16)10(17)8(15)5-13/h7-10,12-17H,2-6H2,1H3. The first-order valence-electron chi connectivity index (χ1n) is 5.64. The van der Waals surface area contributed by atoms with Crippen LogP contribution < -0.4 is 0 Å². The van der Waals surface area contributed by atoms with Gasteiger partial charge >= 0.3 is 0 Å². The molecule has 0 aliphatic heterocycles. The van der Waals surface area contributed by atoms with Crippen LogP contribution >= 0.6 is 11.8 Å². The summed E-state index contributed by atoms with van der Waals surface area (Å²) < 4.78 is 0. The van der Waals surface area contributed by atoms with E-state index in [0.29, 0.717) is 11.6 Å². The number of thioether (sulfide) groups is 1. The summed E-state index contributed by atoms with van der Waals surface area (Å²) in [6.07, 6.45) is -5.84. The summed E-state index contributed by atoms with van der Waals surface area (Å²) in [7, 11) is 1.72. The molecule has 4 unspecified atom stereocenters. The number of hydrogen-bond acceptors (Lipinski definition) is 8. The van der Waals surface area contributed by atoms with E-state index in [0.717, 1.165) is 0 Å². The van der Waals surface area contributed by atoms with Crippen LogP contribution in [0, 0.1) is 0 Å². The zero-order valence-corrected chi connectivity index (χ0v) is 11.2. The molecule has 0 aromatic rings. The molecule has 0 aromatic carbocycles. The third-order valence-corrected chi connectivity index (χ3v) is 3.47. The first-order chi connectivity index (χ1) is 8.43. The monoisotopic (exact) mass is 285 g/mol. The molecule has 4 atom stereocenters. The Labute approximate surface area is 111 Å². The van der Waals surface area contributed by atoms with Crippen molar-refractivity contribution in [3.05, 3.63) is 0 Å². The van der Waals surface area contributed by atoms with Crippen LogP contribution in [0.25, 0.3) is 0 Å². The van der Waals surface area contributed by atoms with Gasteiger partial charge in [-0.1, -0.05) is 0 Å². The summed E-state index contributed by atoms with van der Waals surface area (Å²) in [5.74, 6) is 1.14. The maximum absolute atomic E-state index is 9.66. The Morgan fingerprint density at radius 2 is 1.56 bits per heavy atom. The molecule has 0 heterocycles. The van der Waals surface area contributed by atoms with Crippen LogP contribution in [0.15, 0.2) is 0 Å². The molecule has 0 amide bonds. The van der Waals surface area contributed by atoms with Gasteiger partial charge in [-0.2, -0.15) is 0 Å². The molecule has 0 aliphatic carbocycles. The van der Waals surface area contributed by atoms with Gasteiger partial charge in [0, 0.05) is 18.2 Å². The first kappa shape index (κ1) is 18.1. The fourth-order valence-corrected chi connectivity index (χ4v) is 2.00. The molecule has 8 heteroatoms. The summed E-state index contributed by atoms with van der Waals surface area (Å²) in [5, 5.41) is 55.0. The van der Waals surface area contributed by atoms with Gasteiger partial charge in [-0.3, -0.25) is 4.90 Å². The molecule has 0 spiro atoms. The lowest BCUT2D eigenvalue weighted by atomic mass is 10.0. The smallest absolute Gasteiger partial charge is 0.111 e. The number of hydrogen-bond donors (Lipinski definition) is 6. The van der Waals surface area contributed by atoms with Gasteiger partial charge in [-0.15, -0.1) is 11.8 Å². The summed E-state index contributed by atoms with van der Waals surface area (Å²) in [6, 6.07) is 0. The van der Waals surface area contributed by atoms with Gasteiger partial charge < -0.3 is 30.6 Å². The van der Waals surface area contributed by atoms with E-state index in [-0.39, 0.29) is 13.2 Å². The molecule has 0 radical (unpaired) electrons. The Morgan fingerprint density at radius 3 is 2.06 bits per heavy atom. The lowest BCUT2D eigenvalue weighted by Gasteiger charge is -2.28. The van der Waals surface area contributed by atoms with Crippen LogP contribution in [-0.2, 0) is 0 Å². The Balaban J connectivity index is 4.02. The largest absolute Gasteiger partial charge is 0.396 e. The number of likely N-dealkylation sites (N-methyl/N-ethyl adjacent to an activating group) is 1. The van der Waals surface area contributed by atoms with Crippen LogP contribution in [0.5, 0.6) is 0 Å². The summed E-state index contributed by atoms with van der Waals surface area (Å²) in [4.78, 5) is 1.71. The van der Waals surface area contributed by atoms with Crippen molar-refractivity contribution in [3.8, 4) is 0 Å². The van der Waals surface area contributed by atoms with Crippen LogP contribution in [-0.4, -0.2) is 98.4 Å². The van der Waals surface area contributed by atoms with Gasteiger partial charge in [0.1, 0.15) is 18.3 Å². The molecule has 0 aliphatic rings. The van der Waals surface area contributed by atoms with E-state index < -0.39 is 31.0 Å². The molecular weight excluding hydrogens is 262 g/mol. The third kappa shape index (κ3) is 6.86. The predicted molar refractivity (Wildman–Crippen MR) is 68.2 cm³/mol. The Kier molecular flexibility index (Phi) is 9.97. The van der Waals surface area contributed by atoms with E-state index in [1.54, 1.807) is 11.9 Å². The highest BCUT2D eigenvalue weighted by molar-refractivity contribution is 7.99. The van der Waals surface area contributed by atoms with E-state index in [1.807, 2.05) is 0 Å². The zero-order chi connectivity index (χ0) is 14.1. The van der Waals surface area contributed by atoms with Crippen LogP contribution in [0.2, 0.25) is 0 Å². The maximum atomic E-state index is 9.66. The minimum atomic E-state index is -1.59. The molecule has 0 saturated carbocycles. The molecule has 0 fully saturated rings. The number of nitrogens with zero attached hydrogens (tertiary/aromatic N) is 1. The van der Waals surface area contributed by atoms with Gasteiger partial charge in [-0.25, -0.2) is 0 Å². The van der Waals surface area contributed by atoms with Crippen LogP contribution in [0.4, 0.5) is 0 Å². The van der Waals surface area contributed by atoms with Crippen LogP contribution in [0.3, 0.4) is 0 Å². The van der Waals surface area contributed by atoms with E-state index >= 15 is 0 Å². The normalized spacial score (nSPS) is 18.7. The highest BCUT2D eigenvalue weighted by Crippen LogP contribution is 2.08. The summed E-state index contributed by atoms with van der Waals surface area (Å²) >= 11 is 1.47. The quantitative estimate of drug-likeness (QED) is 0.186. The maximum Gasteiger partial charge on any atom is 0.111 e. The predicted octanol–water partition coefficient (Wildman–Crippen LogP) is -2.96. The number of aliphatic hydroxyl groups is 6. The first-order valence-corrected chi connectivity index (χ1v) is 6.79. The van der Waals surface area contributed by atoms with Crippen molar-refractivity contribution < 1.29 is 30.6 Å². The van der Waals surface area contributed by atoms with Gasteiger partial charge in [-0.05, 0) is 7.05 Å². The third-order valence-electron chi connectivity index (χ3n) is 2.37. The second kappa shape index (κ2) is 9.93. The molecule has 0 bridgehead atoms. The van der Waals surface area contributed by atoms with E-state index in [9.17, 15) is 15.3 Å². The van der Waals surface area contributed by atoms with E-state index in [1.165, 1.54) is 11.8 Å². The second-order valence-electron chi connectivity index (χ2n) is 4.10. The average Bonchev–Trinajstić information content (AvgIpc) is 2.36. The Hall–Kier alpha value is 0.0700. The van der Waals surface area contributed by atoms with E-state index in [4.69, 9.17) is 15.3 Å². The summed E-state index contributed by atoms with van der Waals surface area (Å²) in [6.45, 7) is -0.507. The fraction of sp³-hybridized carbons (Fsp3) is 1.00. The summed E-state index contributed by atoms with van der Waals surface area (Å²) in [5.41, 5.74) is 0. The van der Waals surface area contributed by atoms with E-state index in [2.05, 4.69) is 0 Å². The van der Waals surface area contributed by atoms with Crippen molar-refractivity contribution >= 4 is 11.8 Å². The SMILES string of the molecule is CN(CSCCO)CC(O)C(O)C(O)C(O)CO. The molecule has 7 nitrogen and oxygen atoms in total. The molecule has 0 saturated heterocycles. The molecule has 18 heavy (non-hydrogen) atoms. The number of rotatable bonds is 10. The lowest BCUT2D eigenvalue weighted by Crippen LogP contribution is -2.49. The van der Waals surface area contributed by atoms with Crippen molar-refractivity contribution in [2.75, 3.05) is 38.4 Å².